The third kappa shape index (κ3) is 9.70. The third-order valence-electron chi connectivity index (χ3n) is 5.33. The van der Waals surface area contributed by atoms with E-state index in [4.69, 9.17) is 10.8 Å². The monoisotopic (exact) mass is 518 g/mol. The summed E-state index contributed by atoms with van der Waals surface area (Å²) in [4.78, 5) is 67.2. The predicted octanol–water partition coefficient (Wildman–Crippen LogP) is -2.08. The number of carboxylic acids is 2. The highest BCUT2D eigenvalue weighted by Gasteiger charge is 2.30. The first-order valence-electron chi connectivity index (χ1n) is 11.3. The van der Waals surface area contributed by atoms with Gasteiger partial charge in [0.05, 0.1) is 19.0 Å². The number of carbonyl (C=O) groups is 5. The van der Waals surface area contributed by atoms with Crippen molar-refractivity contribution in [3.63, 3.8) is 0 Å². The molecule has 14 nitrogen and oxygen atoms in total. The molecule has 200 valence electrons. The number of H-pyrrole nitrogens is 1. The number of benzene rings is 1. The lowest BCUT2D eigenvalue weighted by Crippen LogP contribution is -2.58. The molecule has 1 heterocycles. The summed E-state index contributed by atoms with van der Waals surface area (Å²) in [5.41, 5.74) is 6.76. The summed E-state index contributed by atoms with van der Waals surface area (Å²) >= 11 is 0. The summed E-state index contributed by atoms with van der Waals surface area (Å²) in [5, 5.41) is 35.0. The van der Waals surface area contributed by atoms with Gasteiger partial charge in [-0.05, 0) is 12.0 Å². The Kier molecular flexibility index (Phi) is 11.2. The van der Waals surface area contributed by atoms with E-state index in [1.54, 1.807) is 30.3 Å². The number of amides is 3. The molecule has 0 bridgehead atoms. The first kappa shape index (κ1) is 28.9. The molecule has 9 N–H and O–H groups in total. The van der Waals surface area contributed by atoms with Crippen molar-refractivity contribution in [3.8, 4) is 0 Å². The van der Waals surface area contributed by atoms with Crippen LogP contribution < -0.4 is 21.7 Å². The number of carboxylic acid groups (broad SMARTS) is 2. The average molecular weight is 519 g/mol. The Labute approximate surface area is 211 Å². The Balaban J connectivity index is 2.11. The predicted molar refractivity (Wildman–Crippen MR) is 128 cm³/mol. The van der Waals surface area contributed by atoms with Gasteiger partial charge in [0.15, 0.2) is 0 Å². The maximum Gasteiger partial charge on any atom is 0.326 e. The van der Waals surface area contributed by atoms with Crippen molar-refractivity contribution in [2.75, 3.05) is 6.61 Å². The minimum atomic E-state index is -1.50. The largest absolute Gasteiger partial charge is 0.481 e. The zero-order valence-electron chi connectivity index (χ0n) is 19.8. The van der Waals surface area contributed by atoms with Crippen LogP contribution in [0.15, 0.2) is 42.9 Å². The molecule has 1 aromatic heterocycles. The van der Waals surface area contributed by atoms with E-state index in [0.717, 1.165) is 0 Å². The maximum absolute atomic E-state index is 13.1. The molecular formula is C23H30N6O8. The topological polar surface area (TPSA) is 237 Å². The fourth-order valence-corrected chi connectivity index (χ4v) is 3.30. The van der Waals surface area contributed by atoms with E-state index in [-0.39, 0.29) is 25.7 Å². The van der Waals surface area contributed by atoms with Gasteiger partial charge in [-0.25, -0.2) is 9.78 Å². The van der Waals surface area contributed by atoms with Gasteiger partial charge in [-0.15, -0.1) is 0 Å². The molecule has 0 saturated carbocycles. The highest BCUT2D eigenvalue weighted by atomic mass is 16.4. The number of hydrogen-bond donors (Lipinski definition) is 8. The minimum absolute atomic E-state index is 0.00378. The number of carbonyl (C=O) groups excluding carboxylic acids is 3. The van der Waals surface area contributed by atoms with E-state index in [9.17, 15) is 34.2 Å². The summed E-state index contributed by atoms with van der Waals surface area (Å²) in [7, 11) is 0. The van der Waals surface area contributed by atoms with Crippen LogP contribution in [0.3, 0.4) is 0 Å². The molecule has 37 heavy (non-hydrogen) atoms. The van der Waals surface area contributed by atoms with Crippen LogP contribution in [0.25, 0.3) is 0 Å². The van der Waals surface area contributed by atoms with Gasteiger partial charge in [0.25, 0.3) is 0 Å². The van der Waals surface area contributed by atoms with Crippen molar-refractivity contribution >= 4 is 29.7 Å². The molecule has 0 aliphatic heterocycles. The lowest BCUT2D eigenvalue weighted by Gasteiger charge is -2.24. The zero-order chi connectivity index (χ0) is 27.4. The van der Waals surface area contributed by atoms with Crippen LogP contribution in [0, 0.1) is 0 Å². The summed E-state index contributed by atoms with van der Waals surface area (Å²) in [6, 6.07) is 3.32. The van der Waals surface area contributed by atoms with Gasteiger partial charge in [-0.3, -0.25) is 19.2 Å². The van der Waals surface area contributed by atoms with Crippen molar-refractivity contribution in [2.45, 2.75) is 49.9 Å². The molecule has 14 heteroatoms. The lowest BCUT2D eigenvalue weighted by atomic mass is 10.0. The molecule has 4 unspecified atom stereocenters. The van der Waals surface area contributed by atoms with Gasteiger partial charge in [-0.2, -0.15) is 0 Å². The highest BCUT2D eigenvalue weighted by Crippen LogP contribution is 2.06. The van der Waals surface area contributed by atoms with Gasteiger partial charge in [0, 0.05) is 31.2 Å². The molecule has 2 aromatic rings. The smallest absolute Gasteiger partial charge is 0.326 e. The lowest BCUT2D eigenvalue weighted by molar-refractivity contribution is -0.142. The summed E-state index contributed by atoms with van der Waals surface area (Å²) in [6.45, 7) is -0.840. The van der Waals surface area contributed by atoms with Gasteiger partial charge >= 0.3 is 11.9 Å². The minimum Gasteiger partial charge on any atom is -0.481 e. The van der Waals surface area contributed by atoms with E-state index in [1.807, 2.05) is 0 Å². The van der Waals surface area contributed by atoms with Crippen LogP contribution >= 0.6 is 0 Å². The molecule has 0 radical (unpaired) electrons. The van der Waals surface area contributed by atoms with E-state index >= 15 is 0 Å². The number of nitrogens with one attached hydrogen (secondary N) is 4. The molecule has 0 saturated heterocycles. The molecule has 0 fully saturated rings. The van der Waals surface area contributed by atoms with Crippen LogP contribution in [0.5, 0.6) is 0 Å². The van der Waals surface area contributed by atoms with E-state index in [1.165, 1.54) is 12.5 Å². The molecule has 0 spiro atoms. The first-order valence-corrected chi connectivity index (χ1v) is 11.3. The number of rotatable bonds is 15. The molecule has 0 aliphatic rings. The van der Waals surface area contributed by atoms with Crippen LogP contribution in [0.2, 0.25) is 0 Å². The number of aliphatic hydroxyl groups is 1. The number of aromatic amines is 1. The molecule has 0 aliphatic carbocycles. The van der Waals surface area contributed by atoms with Gasteiger partial charge < -0.3 is 42.0 Å². The molecule has 4 atom stereocenters. The van der Waals surface area contributed by atoms with Gasteiger partial charge in [0.2, 0.25) is 17.7 Å². The number of aromatic nitrogens is 2. The molecular weight excluding hydrogens is 488 g/mol. The second-order valence-corrected chi connectivity index (χ2v) is 8.21. The molecule has 2 rings (SSSR count). The van der Waals surface area contributed by atoms with Crippen molar-refractivity contribution in [2.24, 2.45) is 5.73 Å². The van der Waals surface area contributed by atoms with Gasteiger partial charge in [0.1, 0.15) is 18.1 Å². The SMILES string of the molecule is NC(CCC(=O)O)C(=O)NC(CO)C(=O)NC(Cc1cnc[nH]1)C(=O)NC(Cc1ccccc1)C(=O)O. The van der Waals surface area contributed by atoms with E-state index < -0.39 is 60.4 Å². The van der Waals surface area contributed by atoms with E-state index in [0.29, 0.717) is 11.3 Å². The first-order chi connectivity index (χ1) is 17.6. The molecule has 1 aromatic carbocycles. The number of imidazole rings is 1. The van der Waals surface area contributed by atoms with Crippen molar-refractivity contribution in [3.05, 3.63) is 54.1 Å². The summed E-state index contributed by atoms with van der Waals surface area (Å²) in [6.07, 6.45) is 2.11. The second-order valence-electron chi connectivity index (χ2n) is 8.21. The van der Waals surface area contributed by atoms with Gasteiger partial charge in [-0.1, -0.05) is 30.3 Å². The third-order valence-corrected chi connectivity index (χ3v) is 5.33. The quantitative estimate of drug-likeness (QED) is 0.128. The molecule has 3 amide bonds. The van der Waals surface area contributed by atoms with Crippen molar-refractivity contribution < 1.29 is 39.3 Å². The second kappa shape index (κ2) is 14.3. The number of nitrogens with zero attached hydrogens (tertiary/aromatic N) is 1. The maximum atomic E-state index is 13.1. The number of aliphatic hydroxyl groups excluding tert-OH is 1. The Bertz CT molecular complexity index is 1060. The summed E-state index contributed by atoms with van der Waals surface area (Å²) < 4.78 is 0. The van der Waals surface area contributed by atoms with Crippen LogP contribution in [-0.4, -0.2) is 85.7 Å². The Morgan fingerprint density at radius 1 is 0.892 bits per heavy atom. The normalized spacial score (nSPS) is 14.0. The Morgan fingerprint density at radius 3 is 2.08 bits per heavy atom. The Morgan fingerprint density at radius 2 is 1.51 bits per heavy atom. The number of hydrogen-bond acceptors (Lipinski definition) is 8. The average Bonchev–Trinajstić information content (AvgIpc) is 3.38. The van der Waals surface area contributed by atoms with Crippen LogP contribution in [-0.2, 0) is 36.8 Å². The fourth-order valence-electron chi connectivity index (χ4n) is 3.30. The summed E-state index contributed by atoms with van der Waals surface area (Å²) in [5.74, 6) is -5.04. The zero-order valence-corrected chi connectivity index (χ0v) is 19.8. The Hall–Kier alpha value is -4.30. The highest BCUT2D eigenvalue weighted by molar-refractivity contribution is 5.94. The number of nitrogens with two attached hydrogens (primary N) is 1. The van der Waals surface area contributed by atoms with E-state index in [2.05, 4.69) is 25.9 Å². The van der Waals surface area contributed by atoms with Crippen molar-refractivity contribution in [1.29, 1.82) is 0 Å². The number of aliphatic carboxylic acids is 2. The fraction of sp³-hybridized carbons (Fsp3) is 0.391. The van der Waals surface area contributed by atoms with Crippen molar-refractivity contribution in [1.82, 2.24) is 25.9 Å². The van der Waals surface area contributed by atoms with Crippen LogP contribution in [0.4, 0.5) is 0 Å². The standard InChI is InChI=1S/C23H30N6O8/c24-15(6-7-19(31)32)20(33)29-18(11-30)22(35)27-16(9-14-10-25-12-26-14)21(34)28-17(23(36)37)8-13-4-2-1-3-5-13/h1-5,10,12,15-18,30H,6-9,11,24H2,(H,25,26)(H,27,35)(H,28,34)(H,29,33)(H,31,32)(H,36,37). The van der Waals surface area contributed by atoms with Crippen LogP contribution in [0.1, 0.15) is 24.1 Å².